The molecule has 0 bridgehead atoms. The van der Waals surface area contributed by atoms with E-state index in [1.165, 1.54) is 19.3 Å². The number of hydrogen-bond acceptors (Lipinski definition) is 9. The molecule has 1 aliphatic heterocycles. The van der Waals surface area contributed by atoms with Crippen LogP contribution in [0, 0.1) is 6.92 Å². The van der Waals surface area contributed by atoms with Gasteiger partial charge in [-0.25, -0.2) is 0 Å². The molecule has 0 saturated carbocycles. The molecule has 4 rings (SSSR count). The Bertz CT molecular complexity index is 1050. The maximum Gasteiger partial charge on any atom is 0.249 e. The fourth-order valence-corrected chi connectivity index (χ4v) is 3.75. The van der Waals surface area contributed by atoms with Crippen LogP contribution >= 0.6 is 11.6 Å². The zero-order valence-electron chi connectivity index (χ0n) is 15.7. The highest BCUT2D eigenvalue weighted by Gasteiger charge is 2.56. The van der Waals surface area contributed by atoms with Crippen LogP contribution < -0.4 is 9.47 Å². The maximum atomic E-state index is 13.4. The standard InChI is InChI=1S/C19H17ClN2O7/c1-9-21-22-18(28-9)11-8-12(27-6-5-23)14-16(15(11)20)29-19(17(14)25)4-3-10(24)7-13(19)26-2/h7-8,23H,3-6H2,1-2H3/t19-/m0/s1. The van der Waals surface area contributed by atoms with Gasteiger partial charge >= 0.3 is 0 Å². The van der Waals surface area contributed by atoms with Crippen molar-refractivity contribution in [3.05, 3.63) is 34.4 Å². The van der Waals surface area contributed by atoms with Crippen molar-refractivity contribution in [2.45, 2.75) is 25.4 Å². The molecule has 2 aliphatic rings. The number of carbonyl (C=O) groups excluding carboxylic acids is 2. The number of Topliss-reactive ketones (excluding diaryl/α,β-unsaturated/α-hetero) is 1. The van der Waals surface area contributed by atoms with Gasteiger partial charge in [-0.1, -0.05) is 11.6 Å². The van der Waals surface area contributed by atoms with E-state index in [-0.39, 0.29) is 65.6 Å². The van der Waals surface area contributed by atoms with Gasteiger partial charge in [0.25, 0.3) is 0 Å². The minimum Gasteiger partial charge on any atom is -0.496 e. The number of hydrogen-bond donors (Lipinski definition) is 1. The molecule has 0 unspecified atom stereocenters. The Morgan fingerprint density at radius 2 is 2.14 bits per heavy atom. The number of ketones is 2. The van der Waals surface area contributed by atoms with Gasteiger partial charge in [0.15, 0.2) is 17.3 Å². The summed E-state index contributed by atoms with van der Waals surface area (Å²) >= 11 is 6.55. The van der Waals surface area contributed by atoms with E-state index in [4.69, 9.17) is 35.3 Å². The number of fused-ring (bicyclic) bond motifs is 1. The van der Waals surface area contributed by atoms with Crippen molar-refractivity contribution in [2.24, 2.45) is 0 Å². The number of carbonyl (C=O) groups is 2. The van der Waals surface area contributed by atoms with Crippen LogP contribution in [0.25, 0.3) is 11.5 Å². The topological polar surface area (TPSA) is 121 Å². The molecule has 1 aromatic carbocycles. The summed E-state index contributed by atoms with van der Waals surface area (Å²) in [5.41, 5.74) is -1.07. The Labute approximate surface area is 170 Å². The average molecular weight is 421 g/mol. The molecule has 1 aliphatic carbocycles. The number of benzene rings is 1. The highest BCUT2D eigenvalue weighted by atomic mass is 35.5. The van der Waals surface area contributed by atoms with Crippen molar-refractivity contribution >= 4 is 23.2 Å². The quantitative estimate of drug-likeness (QED) is 0.776. The molecule has 10 heteroatoms. The first-order chi connectivity index (χ1) is 13.9. The van der Waals surface area contributed by atoms with Crippen LogP contribution in [0.15, 0.2) is 22.3 Å². The highest BCUT2D eigenvalue weighted by molar-refractivity contribution is 6.36. The molecular weight excluding hydrogens is 404 g/mol. The van der Waals surface area contributed by atoms with Crippen LogP contribution in [0.2, 0.25) is 5.02 Å². The predicted molar refractivity (Wildman–Crippen MR) is 99.1 cm³/mol. The van der Waals surface area contributed by atoms with E-state index in [1.807, 2.05) is 0 Å². The van der Waals surface area contributed by atoms with E-state index in [0.29, 0.717) is 11.5 Å². The van der Waals surface area contributed by atoms with Gasteiger partial charge in [0.2, 0.25) is 23.2 Å². The van der Waals surface area contributed by atoms with Gasteiger partial charge < -0.3 is 23.7 Å². The lowest BCUT2D eigenvalue weighted by atomic mass is 9.83. The number of aromatic nitrogens is 2. The van der Waals surface area contributed by atoms with Gasteiger partial charge in [-0.15, -0.1) is 10.2 Å². The van der Waals surface area contributed by atoms with Crippen molar-refractivity contribution in [2.75, 3.05) is 20.3 Å². The summed E-state index contributed by atoms with van der Waals surface area (Å²) in [4.78, 5) is 25.3. The first kappa shape index (κ1) is 19.4. The van der Waals surface area contributed by atoms with E-state index in [2.05, 4.69) is 10.2 Å². The molecule has 0 radical (unpaired) electrons. The largest absolute Gasteiger partial charge is 0.496 e. The molecule has 2 heterocycles. The summed E-state index contributed by atoms with van der Waals surface area (Å²) in [6.07, 6.45) is 1.48. The minimum absolute atomic E-state index is 0.0535. The molecule has 0 amide bonds. The molecule has 1 spiro atoms. The van der Waals surface area contributed by atoms with Gasteiger partial charge in [0, 0.05) is 25.8 Å². The van der Waals surface area contributed by atoms with E-state index in [9.17, 15) is 9.59 Å². The predicted octanol–water partition coefficient (Wildman–Crippen LogP) is 2.28. The van der Waals surface area contributed by atoms with E-state index < -0.39 is 11.4 Å². The molecule has 9 nitrogen and oxygen atoms in total. The molecule has 1 atom stereocenters. The second-order valence-electron chi connectivity index (χ2n) is 6.58. The van der Waals surface area contributed by atoms with Crippen LogP contribution in [-0.2, 0) is 9.53 Å². The second kappa shape index (κ2) is 7.16. The Morgan fingerprint density at radius 1 is 1.34 bits per heavy atom. The highest BCUT2D eigenvalue weighted by Crippen LogP contribution is 2.52. The summed E-state index contributed by atoms with van der Waals surface area (Å²) in [6, 6.07) is 1.49. The van der Waals surface area contributed by atoms with Crippen LogP contribution in [0.5, 0.6) is 11.5 Å². The Hall–Kier alpha value is -2.91. The molecule has 2 aromatic rings. The first-order valence-corrected chi connectivity index (χ1v) is 9.22. The Morgan fingerprint density at radius 3 is 2.79 bits per heavy atom. The number of allylic oxidation sites excluding steroid dienone is 1. The lowest BCUT2D eigenvalue weighted by Crippen LogP contribution is -2.45. The van der Waals surface area contributed by atoms with Gasteiger partial charge in [-0.3, -0.25) is 9.59 Å². The maximum absolute atomic E-state index is 13.4. The van der Waals surface area contributed by atoms with Crippen LogP contribution in [0.1, 0.15) is 29.1 Å². The van der Waals surface area contributed by atoms with Crippen molar-refractivity contribution in [1.29, 1.82) is 0 Å². The van der Waals surface area contributed by atoms with Crippen LogP contribution in [0.4, 0.5) is 0 Å². The minimum atomic E-state index is -1.50. The van der Waals surface area contributed by atoms with Crippen LogP contribution in [0.3, 0.4) is 0 Å². The zero-order valence-corrected chi connectivity index (χ0v) is 16.4. The lowest BCUT2D eigenvalue weighted by Gasteiger charge is -2.31. The number of aryl methyl sites for hydroxylation is 1. The summed E-state index contributed by atoms with van der Waals surface area (Å²) in [5, 5.41) is 17.0. The molecule has 0 saturated heterocycles. The fraction of sp³-hybridized carbons (Fsp3) is 0.368. The van der Waals surface area contributed by atoms with Gasteiger partial charge in [-0.2, -0.15) is 0 Å². The fourth-order valence-electron chi connectivity index (χ4n) is 3.48. The number of rotatable bonds is 5. The number of halogens is 1. The zero-order chi connectivity index (χ0) is 20.8. The summed E-state index contributed by atoms with van der Waals surface area (Å²) in [5.74, 6) is 0.199. The third kappa shape index (κ3) is 2.97. The van der Waals surface area contributed by atoms with E-state index in [1.54, 1.807) is 6.92 Å². The molecule has 152 valence electrons. The third-order valence-corrected chi connectivity index (χ3v) is 5.17. The normalized spacial score (nSPS) is 20.5. The summed E-state index contributed by atoms with van der Waals surface area (Å²) < 4.78 is 22.4. The molecule has 29 heavy (non-hydrogen) atoms. The number of ether oxygens (including phenoxy) is 3. The second-order valence-corrected chi connectivity index (χ2v) is 6.95. The van der Waals surface area contributed by atoms with E-state index in [0.717, 1.165) is 0 Å². The van der Waals surface area contributed by atoms with Gasteiger partial charge in [-0.05, 0) is 6.07 Å². The van der Waals surface area contributed by atoms with Crippen molar-refractivity contribution in [3.63, 3.8) is 0 Å². The monoisotopic (exact) mass is 420 g/mol. The summed E-state index contributed by atoms with van der Waals surface area (Å²) in [7, 11) is 1.36. The van der Waals surface area contributed by atoms with Crippen molar-refractivity contribution in [3.8, 4) is 23.0 Å². The van der Waals surface area contributed by atoms with Crippen molar-refractivity contribution in [1.82, 2.24) is 10.2 Å². The SMILES string of the molecule is COC1=CC(=O)CC[C@]12Oc1c(Cl)c(-c3nnc(C)o3)cc(OCCO)c1C2=O. The molecule has 1 aromatic heterocycles. The van der Waals surface area contributed by atoms with Gasteiger partial charge in [0.1, 0.15) is 17.9 Å². The lowest BCUT2D eigenvalue weighted by molar-refractivity contribution is -0.116. The van der Waals surface area contributed by atoms with Crippen LogP contribution in [-0.4, -0.2) is 52.8 Å². The number of methoxy groups -OCH3 is 1. The first-order valence-electron chi connectivity index (χ1n) is 8.84. The molecule has 0 fully saturated rings. The Balaban J connectivity index is 1.90. The van der Waals surface area contributed by atoms with E-state index >= 15 is 0 Å². The third-order valence-electron chi connectivity index (χ3n) is 4.79. The molecular formula is C19H17ClN2O7. The van der Waals surface area contributed by atoms with Crippen molar-refractivity contribution < 1.29 is 33.3 Å². The molecule has 1 N–H and O–H groups in total. The summed E-state index contributed by atoms with van der Waals surface area (Å²) in [6.45, 7) is 1.32. The van der Waals surface area contributed by atoms with Gasteiger partial charge in [0.05, 0.1) is 24.3 Å². The number of aliphatic hydroxyl groups excluding tert-OH is 1. The Kier molecular flexibility index (Phi) is 4.79. The smallest absolute Gasteiger partial charge is 0.249 e. The number of nitrogens with zero attached hydrogens (tertiary/aromatic N) is 2. The average Bonchev–Trinajstić information content (AvgIpc) is 3.26. The number of aliphatic hydroxyl groups is 1.